The molecule has 1 amide bonds. The minimum Gasteiger partial charge on any atom is -0.490 e. The Morgan fingerprint density at radius 3 is 2.63 bits per heavy atom. The van der Waals surface area contributed by atoms with Crippen molar-refractivity contribution >= 4 is 23.5 Å². The van der Waals surface area contributed by atoms with E-state index in [1.807, 2.05) is 31.2 Å². The van der Waals surface area contributed by atoms with Crippen LogP contribution in [-0.2, 0) is 11.2 Å². The summed E-state index contributed by atoms with van der Waals surface area (Å²) in [6.45, 7) is 3.97. The first-order valence-corrected chi connectivity index (χ1v) is 11.6. The molecule has 2 heterocycles. The van der Waals surface area contributed by atoms with Crippen LogP contribution in [0.5, 0.6) is 11.5 Å². The standard InChI is InChI=1S/C26H28N4O5/c1-2-34-21-7-3-4-8-22(21)35-20-6-5-13-30(17-20)24-16-27-15-23(28-24)29-25(31)14-18-9-11-19(12-10-18)26(32)33/h3-4,7-12,15-16,20H,2,5-6,13-14,17H2,1H3,(H,32,33)(H,28,29,31)/t20-/m1/s1. The van der Waals surface area contributed by atoms with Gasteiger partial charge in [0.25, 0.3) is 0 Å². The van der Waals surface area contributed by atoms with E-state index in [1.165, 1.54) is 18.3 Å². The van der Waals surface area contributed by atoms with Crippen LogP contribution in [-0.4, -0.2) is 52.8 Å². The molecule has 9 nitrogen and oxygen atoms in total. The average Bonchev–Trinajstić information content (AvgIpc) is 2.86. The van der Waals surface area contributed by atoms with Crippen LogP contribution in [0, 0.1) is 0 Å². The normalized spacial score (nSPS) is 15.3. The molecule has 1 atom stereocenters. The molecule has 1 fully saturated rings. The Balaban J connectivity index is 1.37. The average molecular weight is 477 g/mol. The SMILES string of the molecule is CCOc1ccccc1O[C@@H]1CCCN(c2cncc(NC(=O)Cc3ccc(C(=O)O)cc3)n2)C1. The molecule has 9 heteroatoms. The van der Waals surface area contributed by atoms with E-state index in [9.17, 15) is 9.59 Å². The van der Waals surface area contributed by atoms with Gasteiger partial charge in [0, 0.05) is 6.54 Å². The lowest BCUT2D eigenvalue weighted by Crippen LogP contribution is -2.41. The second-order valence-corrected chi connectivity index (χ2v) is 8.20. The van der Waals surface area contributed by atoms with Crippen LogP contribution >= 0.6 is 0 Å². The predicted molar refractivity (Wildman–Crippen MR) is 131 cm³/mol. The molecular formula is C26H28N4O5. The smallest absolute Gasteiger partial charge is 0.335 e. The van der Waals surface area contributed by atoms with Gasteiger partial charge in [-0.3, -0.25) is 9.78 Å². The molecule has 1 aromatic heterocycles. The molecule has 0 unspecified atom stereocenters. The molecule has 2 aromatic carbocycles. The number of carboxylic acid groups (broad SMARTS) is 1. The van der Waals surface area contributed by atoms with Gasteiger partial charge in [-0.25, -0.2) is 9.78 Å². The first-order valence-electron chi connectivity index (χ1n) is 11.6. The second-order valence-electron chi connectivity index (χ2n) is 8.20. The molecule has 0 spiro atoms. The number of piperidine rings is 1. The third kappa shape index (κ3) is 6.47. The molecule has 3 aromatic rings. The lowest BCUT2D eigenvalue weighted by atomic mass is 10.1. The molecule has 0 aliphatic carbocycles. The van der Waals surface area contributed by atoms with Gasteiger partial charge in [-0.1, -0.05) is 24.3 Å². The number of carbonyl (C=O) groups excluding carboxylic acids is 1. The van der Waals surface area contributed by atoms with Crippen LogP contribution in [0.3, 0.4) is 0 Å². The fourth-order valence-corrected chi connectivity index (χ4v) is 3.95. The van der Waals surface area contributed by atoms with Crippen molar-refractivity contribution in [2.24, 2.45) is 0 Å². The Morgan fingerprint density at radius 2 is 1.89 bits per heavy atom. The molecule has 1 saturated heterocycles. The van der Waals surface area contributed by atoms with Gasteiger partial charge in [0.15, 0.2) is 17.3 Å². The Labute approximate surface area is 203 Å². The number of aromatic carboxylic acids is 1. The van der Waals surface area contributed by atoms with Gasteiger partial charge < -0.3 is 24.8 Å². The molecular weight excluding hydrogens is 448 g/mol. The number of carbonyl (C=O) groups is 2. The van der Waals surface area contributed by atoms with Crippen molar-refractivity contribution < 1.29 is 24.2 Å². The van der Waals surface area contributed by atoms with Crippen LogP contribution < -0.4 is 19.7 Å². The van der Waals surface area contributed by atoms with Gasteiger partial charge in [-0.15, -0.1) is 0 Å². The number of nitrogens with zero attached hydrogens (tertiary/aromatic N) is 3. The van der Waals surface area contributed by atoms with E-state index in [4.69, 9.17) is 14.6 Å². The highest BCUT2D eigenvalue weighted by Gasteiger charge is 2.24. The van der Waals surface area contributed by atoms with Crippen LogP contribution in [0.2, 0.25) is 0 Å². The van der Waals surface area contributed by atoms with Crippen molar-refractivity contribution in [2.75, 3.05) is 29.9 Å². The minimum atomic E-state index is -1.00. The summed E-state index contributed by atoms with van der Waals surface area (Å²) in [5.41, 5.74) is 0.887. The van der Waals surface area contributed by atoms with Gasteiger partial charge >= 0.3 is 5.97 Å². The lowest BCUT2D eigenvalue weighted by Gasteiger charge is -2.33. The predicted octanol–water partition coefficient (Wildman–Crippen LogP) is 3.80. The number of para-hydroxylation sites is 2. The van der Waals surface area contributed by atoms with E-state index >= 15 is 0 Å². The largest absolute Gasteiger partial charge is 0.490 e. The molecule has 0 radical (unpaired) electrons. The number of ether oxygens (including phenoxy) is 2. The number of nitrogens with one attached hydrogen (secondary N) is 1. The number of hydrogen-bond donors (Lipinski definition) is 2. The van der Waals surface area contributed by atoms with Gasteiger partial charge in [0.05, 0.1) is 37.5 Å². The number of amides is 1. The Kier molecular flexibility index (Phi) is 7.77. The molecule has 0 bridgehead atoms. The number of aromatic nitrogens is 2. The second kappa shape index (κ2) is 11.3. The molecule has 4 rings (SSSR count). The molecule has 1 aliphatic heterocycles. The number of carboxylic acids is 1. The third-order valence-corrected chi connectivity index (χ3v) is 5.60. The molecule has 182 valence electrons. The zero-order valence-electron chi connectivity index (χ0n) is 19.5. The summed E-state index contributed by atoms with van der Waals surface area (Å²) in [6, 6.07) is 13.9. The number of rotatable bonds is 9. The Hall–Kier alpha value is -4.14. The fourth-order valence-electron chi connectivity index (χ4n) is 3.95. The van der Waals surface area contributed by atoms with Crippen molar-refractivity contribution in [3.8, 4) is 11.5 Å². The summed E-state index contributed by atoms with van der Waals surface area (Å²) in [5.74, 6) is 1.22. The van der Waals surface area contributed by atoms with Gasteiger partial charge in [0.2, 0.25) is 5.91 Å². The fraction of sp³-hybridized carbons (Fsp3) is 0.308. The summed E-state index contributed by atoms with van der Waals surface area (Å²) < 4.78 is 11.9. The maximum Gasteiger partial charge on any atom is 0.335 e. The van der Waals surface area contributed by atoms with Crippen molar-refractivity contribution in [3.63, 3.8) is 0 Å². The van der Waals surface area contributed by atoms with E-state index in [0.29, 0.717) is 30.4 Å². The maximum absolute atomic E-state index is 12.5. The van der Waals surface area contributed by atoms with Gasteiger partial charge in [-0.05, 0) is 49.6 Å². The van der Waals surface area contributed by atoms with Crippen molar-refractivity contribution in [2.45, 2.75) is 32.3 Å². The van der Waals surface area contributed by atoms with Gasteiger partial charge in [0.1, 0.15) is 11.9 Å². The summed E-state index contributed by atoms with van der Waals surface area (Å²) >= 11 is 0. The third-order valence-electron chi connectivity index (χ3n) is 5.60. The van der Waals surface area contributed by atoms with Crippen LogP contribution in [0.1, 0.15) is 35.7 Å². The number of hydrogen-bond acceptors (Lipinski definition) is 7. The highest BCUT2D eigenvalue weighted by molar-refractivity contribution is 5.92. The van der Waals surface area contributed by atoms with E-state index in [1.54, 1.807) is 18.3 Å². The van der Waals surface area contributed by atoms with Crippen LogP contribution in [0.25, 0.3) is 0 Å². The zero-order chi connectivity index (χ0) is 24.6. The molecule has 35 heavy (non-hydrogen) atoms. The van der Waals surface area contributed by atoms with E-state index in [0.717, 1.165) is 30.9 Å². The summed E-state index contributed by atoms with van der Waals surface area (Å²) in [7, 11) is 0. The van der Waals surface area contributed by atoms with Crippen LogP contribution in [0.4, 0.5) is 11.6 Å². The van der Waals surface area contributed by atoms with E-state index in [2.05, 4.69) is 20.2 Å². The highest BCUT2D eigenvalue weighted by atomic mass is 16.5. The molecule has 0 saturated carbocycles. The first-order chi connectivity index (χ1) is 17.0. The van der Waals surface area contributed by atoms with E-state index < -0.39 is 5.97 Å². The number of anilines is 2. The highest BCUT2D eigenvalue weighted by Crippen LogP contribution is 2.30. The zero-order valence-corrected chi connectivity index (χ0v) is 19.5. The monoisotopic (exact) mass is 476 g/mol. The van der Waals surface area contributed by atoms with E-state index in [-0.39, 0.29) is 24.0 Å². The molecule has 2 N–H and O–H groups in total. The maximum atomic E-state index is 12.5. The number of benzene rings is 2. The topological polar surface area (TPSA) is 114 Å². The summed E-state index contributed by atoms with van der Waals surface area (Å²) in [4.78, 5) is 34.4. The van der Waals surface area contributed by atoms with Crippen molar-refractivity contribution in [3.05, 3.63) is 72.1 Å². The van der Waals surface area contributed by atoms with Crippen LogP contribution in [0.15, 0.2) is 60.9 Å². The summed E-state index contributed by atoms with van der Waals surface area (Å²) in [6.07, 6.45) is 5.11. The minimum absolute atomic E-state index is 0.0285. The van der Waals surface area contributed by atoms with Crippen molar-refractivity contribution in [1.29, 1.82) is 0 Å². The molecule has 1 aliphatic rings. The Bertz CT molecular complexity index is 1170. The Morgan fingerprint density at radius 1 is 1.11 bits per heavy atom. The van der Waals surface area contributed by atoms with Crippen molar-refractivity contribution in [1.82, 2.24) is 9.97 Å². The van der Waals surface area contributed by atoms with Gasteiger partial charge in [-0.2, -0.15) is 0 Å². The summed E-state index contributed by atoms with van der Waals surface area (Å²) in [5, 5.41) is 11.8. The first kappa shape index (κ1) is 24.0. The quantitative estimate of drug-likeness (QED) is 0.479. The lowest BCUT2D eigenvalue weighted by molar-refractivity contribution is -0.115.